The van der Waals surface area contributed by atoms with Gasteiger partial charge in [-0.15, -0.1) is 11.6 Å². The minimum absolute atomic E-state index is 0.111. The van der Waals surface area contributed by atoms with E-state index in [2.05, 4.69) is 5.32 Å². The fraction of sp³-hybridized carbons (Fsp3) is 0.500. The van der Waals surface area contributed by atoms with Crippen molar-refractivity contribution in [3.63, 3.8) is 0 Å². The summed E-state index contributed by atoms with van der Waals surface area (Å²) in [4.78, 5) is 11.8. The Kier molecular flexibility index (Phi) is 7.01. The average Bonchev–Trinajstić information content (AvgIpc) is 2.43. The Morgan fingerprint density at radius 1 is 1.00 bits per heavy atom. The average molecular weight is 302 g/mol. The minimum atomic E-state index is -0.624. The Balaban J connectivity index is 2.33. The Hall–Kier alpha value is -1.62. The molecule has 0 radical (unpaired) electrons. The number of phenols is 3. The van der Waals surface area contributed by atoms with E-state index in [9.17, 15) is 20.1 Å². The van der Waals surface area contributed by atoms with Crippen LogP contribution in [0.4, 0.5) is 0 Å². The highest BCUT2D eigenvalue weighted by Gasteiger charge is 2.12. The van der Waals surface area contributed by atoms with Crippen molar-refractivity contribution in [2.45, 2.75) is 32.1 Å². The third-order valence-electron chi connectivity index (χ3n) is 2.93. The molecule has 1 amide bonds. The Morgan fingerprint density at radius 3 is 2.15 bits per heavy atom. The highest BCUT2D eigenvalue weighted by atomic mass is 35.5. The van der Waals surface area contributed by atoms with Crippen LogP contribution >= 0.6 is 11.6 Å². The van der Waals surface area contributed by atoms with E-state index in [0.29, 0.717) is 12.4 Å². The van der Waals surface area contributed by atoms with Crippen molar-refractivity contribution in [1.82, 2.24) is 5.32 Å². The normalized spacial score (nSPS) is 10.4. The number of amides is 1. The summed E-state index contributed by atoms with van der Waals surface area (Å²) < 4.78 is 0. The summed E-state index contributed by atoms with van der Waals surface area (Å²) in [5.41, 5.74) is 0.111. The highest BCUT2D eigenvalue weighted by molar-refractivity contribution is 6.17. The van der Waals surface area contributed by atoms with Crippen LogP contribution in [-0.4, -0.2) is 33.7 Å². The van der Waals surface area contributed by atoms with Gasteiger partial charge in [0.25, 0.3) is 5.91 Å². The van der Waals surface area contributed by atoms with E-state index in [1.807, 2.05) is 0 Å². The summed E-state index contributed by atoms with van der Waals surface area (Å²) in [5.74, 6) is -1.37. The molecule has 0 aliphatic heterocycles. The first-order valence-corrected chi connectivity index (χ1v) is 7.18. The number of alkyl halides is 1. The largest absolute Gasteiger partial charge is 0.504 e. The number of hydrogen-bond acceptors (Lipinski definition) is 4. The smallest absolute Gasteiger partial charge is 0.251 e. The van der Waals surface area contributed by atoms with Gasteiger partial charge in [-0.25, -0.2) is 0 Å². The van der Waals surface area contributed by atoms with Crippen LogP contribution in [0.15, 0.2) is 12.1 Å². The van der Waals surface area contributed by atoms with Crippen LogP contribution in [0.2, 0.25) is 0 Å². The molecule has 0 aromatic heterocycles. The molecule has 1 aromatic carbocycles. The molecule has 6 heteroatoms. The quantitative estimate of drug-likeness (QED) is 0.338. The maximum absolute atomic E-state index is 11.8. The number of carbonyl (C=O) groups is 1. The van der Waals surface area contributed by atoms with Gasteiger partial charge in [-0.3, -0.25) is 4.79 Å². The van der Waals surface area contributed by atoms with E-state index in [1.165, 1.54) is 0 Å². The van der Waals surface area contributed by atoms with Crippen molar-refractivity contribution < 1.29 is 20.1 Å². The molecule has 112 valence electrons. The van der Waals surface area contributed by atoms with Crippen molar-refractivity contribution in [3.05, 3.63) is 17.7 Å². The van der Waals surface area contributed by atoms with Gasteiger partial charge in [-0.1, -0.05) is 19.3 Å². The molecule has 0 saturated carbocycles. The van der Waals surface area contributed by atoms with E-state index in [0.717, 1.165) is 44.2 Å². The summed E-state index contributed by atoms with van der Waals surface area (Å²) in [6.07, 6.45) is 5.08. The summed E-state index contributed by atoms with van der Waals surface area (Å²) in [5, 5.41) is 30.5. The molecule has 4 N–H and O–H groups in total. The Morgan fingerprint density at radius 2 is 1.55 bits per heavy atom. The third kappa shape index (κ3) is 5.17. The molecule has 1 rings (SSSR count). The van der Waals surface area contributed by atoms with Gasteiger partial charge >= 0.3 is 0 Å². The van der Waals surface area contributed by atoms with Gasteiger partial charge in [-0.2, -0.15) is 0 Å². The monoisotopic (exact) mass is 301 g/mol. The van der Waals surface area contributed by atoms with Gasteiger partial charge in [0.15, 0.2) is 17.2 Å². The first kappa shape index (κ1) is 16.4. The second-order valence-corrected chi connectivity index (χ2v) is 4.95. The van der Waals surface area contributed by atoms with Crippen molar-refractivity contribution >= 4 is 17.5 Å². The van der Waals surface area contributed by atoms with Gasteiger partial charge in [0.1, 0.15) is 0 Å². The number of halogens is 1. The Labute approximate surface area is 123 Å². The number of phenolic OH excluding ortho intramolecular Hbond substituents is 3. The predicted octanol–water partition coefficient (Wildman–Crippen LogP) is 2.72. The molecule has 0 fully saturated rings. The molecule has 0 unspecified atom stereocenters. The molecule has 0 atom stereocenters. The molecule has 0 saturated heterocycles. The number of unbranched alkanes of at least 4 members (excludes halogenated alkanes) is 4. The lowest BCUT2D eigenvalue weighted by Crippen LogP contribution is -2.24. The minimum Gasteiger partial charge on any atom is -0.504 e. The van der Waals surface area contributed by atoms with E-state index in [-0.39, 0.29) is 5.56 Å². The predicted molar refractivity (Wildman–Crippen MR) is 77.6 cm³/mol. The molecular formula is C14H20ClNO4. The number of aromatic hydroxyl groups is 3. The second kappa shape index (κ2) is 8.53. The Bertz CT molecular complexity index is 428. The van der Waals surface area contributed by atoms with Crippen LogP contribution in [0.25, 0.3) is 0 Å². The van der Waals surface area contributed by atoms with Crippen LogP contribution in [0.3, 0.4) is 0 Å². The lowest BCUT2D eigenvalue weighted by Gasteiger charge is -2.07. The number of benzene rings is 1. The molecule has 0 aliphatic carbocycles. The van der Waals surface area contributed by atoms with E-state index in [1.54, 1.807) is 0 Å². The van der Waals surface area contributed by atoms with Gasteiger partial charge in [0.2, 0.25) is 0 Å². The maximum atomic E-state index is 11.8. The zero-order valence-electron chi connectivity index (χ0n) is 11.2. The molecule has 5 nitrogen and oxygen atoms in total. The van der Waals surface area contributed by atoms with E-state index in [4.69, 9.17) is 11.6 Å². The van der Waals surface area contributed by atoms with Crippen molar-refractivity contribution in [3.8, 4) is 17.2 Å². The lowest BCUT2D eigenvalue weighted by atomic mass is 10.1. The van der Waals surface area contributed by atoms with Crippen LogP contribution in [0, 0.1) is 0 Å². The van der Waals surface area contributed by atoms with Crippen molar-refractivity contribution in [2.24, 2.45) is 0 Å². The third-order valence-corrected chi connectivity index (χ3v) is 3.20. The second-order valence-electron chi connectivity index (χ2n) is 4.58. The lowest BCUT2D eigenvalue weighted by molar-refractivity contribution is 0.0952. The first-order valence-electron chi connectivity index (χ1n) is 6.65. The van der Waals surface area contributed by atoms with Crippen LogP contribution in [0.5, 0.6) is 17.2 Å². The number of carbonyl (C=O) groups excluding carboxylic acids is 1. The summed E-state index contributed by atoms with van der Waals surface area (Å²) in [7, 11) is 0. The van der Waals surface area contributed by atoms with Gasteiger partial charge in [0.05, 0.1) is 0 Å². The fourth-order valence-corrected chi connectivity index (χ4v) is 1.98. The number of hydrogen-bond donors (Lipinski definition) is 4. The summed E-state index contributed by atoms with van der Waals surface area (Å²) >= 11 is 5.57. The zero-order chi connectivity index (χ0) is 15.0. The maximum Gasteiger partial charge on any atom is 0.251 e. The van der Waals surface area contributed by atoms with Crippen molar-refractivity contribution in [2.75, 3.05) is 12.4 Å². The zero-order valence-corrected chi connectivity index (χ0v) is 12.0. The summed E-state index contributed by atoms with van der Waals surface area (Å²) in [6.45, 7) is 0.530. The number of nitrogens with one attached hydrogen (secondary N) is 1. The molecule has 0 spiro atoms. The van der Waals surface area contributed by atoms with Crippen LogP contribution < -0.4 is 5.32 Å². The van der Waals surface area contributed by atoms with E-state index >= 15 is 0 Å². The van der Waals surface area contributed by atoms with E-state index < -0.39 is 23.2 Å². The summed E-state index contributed by atoms with van der Waals surface area (Å²) in [6, 6.07) is 2.23. The van der Waals surface area contributed by atoms with Crippen LogP contribution in [-0.2, 0) is 0 Å². The number of rotatable bonds is 8. The van der Waals surface area contributed by atoms with Crippen LogP contribution in [0.1, 0.15) is 42.5 Å². The van der Waals surface area contributed by atoms with Crippen molar-refractivity contribution in [1.29, 1.82) is 0 Å². The highest BCUT2D eigenvalue weighted by Crippen LogP contribution is 2.35. The topological polar surface area (TPSA) is 89.8 Å². The molecule has 0 bridgehead atoms. The molecule has 0 heterocycles. The molecule has 20 heavy (non-hydrogen) atoms. The SMILES string of the molecule is O=C(NCCCCCCCCl)c1cc(O)c(O)c(O)c1. The molecular weight excluding hydrogens is 282 g/mol. The molecule has 0 aliphatic rings. The molecule has 1 aromatic rings. The van der Waals surface area contributed by atoms with Gasteiger partial charge in [0, 0.05) is 18.0 Å². The first-order chi connectivity index (χ1) is 9.56. The van der Waals surface area contributed by atoms with Gasteiger partial charge < -0.3 is 20.6 Å². The van der Waals surface area contributed by atoms with Gasteiger partial charge in [-0.05, 0) is 25.0 Å². The fourth-order valence-electron chi connectivity index (χ4n) is 1.79. The standard InChI is InChI=1S/C14H20ClNO4/c15-6-4-2-1-3-5-7-16-14(20)10-8-11(17)13(19)12(18)9-10/h8-9,17-19H,1-7H2,(H,16,20).